The minimum atomic E-state index is -0.494. The molecule has 178 valence electrons. The van der Waals surface area contributed by atoms with Crippen LogP contribution in [-0.4, -0.2) is 34.0 Å². The summed E-state index contributed by atoms with van der Waals surface area (Å²) < 4.78 is 0. The molecule has 7 nitrogen and oxygen atoms in total. The second-order valence-corrected chi connectivity index (χ2v) is 10.6. The summed E-state index contributed by atoms with van der Waals surface area (Å²) in [4.78, 5) is 31.5. The molecule has 2 fully saturated rings. The molecule has 0 bridgehead atoms. The number of hydrogen-bond acceptors (Lipinski definition) is 6. The Labute approximate surface area is 203 Å². The van der Waals surface area contributed by atoms with Gasteiger partial charge in [-0.2, -0.15) is 0 Å². The van der Waals surface area contributed by atoms with Gasteiger partial charge in [0.25, 0.3) is 5.91 Å². The van der Waals surface area contributed by atoms with E-state index in [1.165, 1.54) is 30.4 Å². The van der Waals surface area contributed by atoms with E-state index in [1.54, 1.807) is 12.1 Å². The lowest BCUT2D eigenvalue weighted by Crippen LogP contribution is -2.48. The molecule has 0 aliphatic heterocycles. The van der Waals surface area contributed by atoms with Crippen LogP contribution in [0.1, 0.15) is 78.2 Å². The van der Waals surface area contributed by atoms with E-state index in [-0.39, 0.29) is 30.5 Å². The number of nitrogens with zero attached hydrogens (tertiary/aromatic N) is 1. The van der Waals surface area contributed by atoms with Crippen molar-refractivity contribution in [3.8, 4) is 0 Å². The predicted octanol–water partition coefficient (Wildman–Crippen LogP) is 4.42. The monoisotopic (exact) mass is 490 g/mol. The molecular formula is C24H31ClN4O3S. The van der Waals surface area contributed by atoms with Crippen molar-refractivity contribution < 1.29 is 14.7 Å². The molecule has 0 saturated heterocycles. The average Bonchev–Trinajstić information content (AvgIpc) is 3.25. The molecule has 0 radical (unpaired) electrons. The number of nitrogens with one attached hydrogen (secondary N) is 3. The molecule has 4 N–H and O–H groups in total. The first-order chi connectivity index (χ1) is 15.9. The molecule has 33 heavy (non-hydrogen) atoms. The largest absolute Gasteiger partial charge is 0.390 e. The van der Waals surface area contributed by atoms with Crippen LogP contribution in [0.2, 0.25) is 5.02 Å². The Morgan fingerprint density at radius 2 is 2.00 bits per heavy atom. The van der Waals surface area contributed by atoms with E-state index in [0.29, 0.717) is 33.6 Å². The standard InChI is InChI=1S/C24H31ClN4O3S/c1-14(27-18-11-16(25)12-26-20(18)13-30)21-8-9-22(33-21)24(32)29-19(10-15-4-2-3-5-15)23(31)28-17-6-7-17/h8-9,11-12,14-15,17,19,27,30H,2-7,10,13H2,1H3,(H,28,31)(H,29,32)/t14-,19+/m1/s1. The highest BCUT2D eigenvalue weighted by molar-refractivity contribution is 7.14. The molecule has 0 spiro atoms. The van der Waals surface area contributed by atoms with E-state index < -0.39 is 6.04 Å². The number of aliphatic hydroxyl groups excluding tert-OH is 1. The average molecular weight is 491 g/mol. The Kier molecular flexibility index (Phi) is 7.88. The van der Waals surface area contributed by atoms with Crippen molar-refractivity contribution in [2.24, 2.45) is 5.92 Å². The number of carbonyl (C=O) groups is 2. The van der Waals surface area contributed by atoms with E-state index in [2.05, 4.69) is 20.9 Å². The van der Waals surface area contributed by atoms with Gasteiger partial charge in [-0.05, 0) is 50.3 Å². The second-order valence-electron chi connectivity index (χ2n) is 9.07. The third-order valence-electron chi connectivity index (χ3n) is 6.33. The molecule has 2 atom stereocenters. The highest BCUT2D eigenvalue weighted by Crippen LogP contribution is 2.31. The van der Waals surface area contributed by atoms with Crippen LogP contribution < -0.4 is 16.0 Å². The van der Waals surface area contributed by atoms with Crippen LogP contribution in [0.15, 0.2) is 24.4 Å². The summed E-state index contributed by atoms with van der Waals surface area (Å²) in [6.07, 6.45) is 8.91. The first-order valence-corrected chi connectivity index (χ1v) is 12.8. The van der Waals surface area contributed by atoms with Crippen LogP contribution >= 0.6 is 22.9 Å². The quantitative estimate of drug-likeness (QED) is 0.394. The number of pyridine rings is 1. The highest BCUT2D eigenvalue weighted by atomic mass is 35.5. The first kappa shape index (κ1) is 24.0. The summed E-state index contributed by atoms with van der Waals surface area (Å²) in [6.45, 7) is 1.77. The molecule has 2 aromatic heterocycles. The van der Waals surface area contributed by atoms with Crippen molar-refractivity contribution in [3.05, 3.63) is 44.9 Å². The maximum absolute atomic E-state index is 13.0. The number of anilines is 1. The van der Waals surface area contributed by atoms with E-state index in [9.17, 15) is 14.7 Å². The summed E-state index contributed by atoms with van der Waals surface area (Å²) in [7, 11) is 0. The third kappa shape index (κ3) is 6.46. The fraction of sp³-hybridized carbons (Fsp3) is 0.542. The fourth-order valence-electron chi connectivity index (χ4n) is 4.30. The smallest absolute Gasteiger partial charge is 0.262 e. The molecule has 2 aromatic rings. The summed E-state index contributed by atoms with van der Waals surface area (Å²) in [5.74, 6) is 0.220. The van der Waals surface area contributed by atoms with Crippen molar-refractivity contribution in [1.29, 1.82) is 0 Å². The minimum absolute atomic E-state index is 0.0606. The predicted molar refractivity (Wildman–Crippen MR) is 131 cm³/mol. The zero-order chi connectivity index (χ0) is 23.4. The molecule has 2 aliphatic rings. The Balaban J connectivity index is 1.41. The van der Waals surface area contributed by atoms with Gasteiger partial charge in [-0.1, -0.05) is 37.3 Å². The Morgan fingerprint density at radius 3 is 2.70 bits per heavy atom. The number of halogens is 1. The molecule has 2 amide bonds. The van der Waals surface area contributed by atoms with Gasteiger partial charge >= 0.3 is 0 Å². The molecule has 2 saturated carbocycles. The van der Waals surface area contributed by atoms with Crippen molar-refractivity contribution >= 4 is 40.4 Å². The lowest BCUT2D eigenvalue weighted by molar-refractivity contribution is -0.123. The molecule has 9 heteroatoms. The number of carbonyl (C=O) groups excluding carboxylic acids is 2. The number of rotatable bonds is 10. The van der Waals surface area contributed by atoms with Gasteiger partial charge in [0, 0.05) is 17.1 Å². The molecular weight excluding hydrogens is 460 g/mol. The second kappa shape index (κ2) is 10.8. The molecule has 2 aliphatic carbocycles. The van der Waals surface area contributed by atoms with Gasteiger partial charge in [0.2, 0.25) is 5.91 Å². The molecule has 2 heterocycles. The summed E-state index contributed by atoms with van der Waals surface area (Å²) in [6, 6.07) is 5.09. The van der Waals surface area contributed by atoms with E-state index in [0.717, 1.165) is 30.6 Å². The highest BCUT2D eigenvalue weighted by Gasteiger charge is 2.31. The van der Waals surface area contributed by atoms with Crippen molar-refractivity contribution in [2.75, 3.05) is 5.32 Å². The maximum Gasteiger partial charge on any atom is 0.262 e. The Bertz CT molecular complexity index is 988. The van der Waals surface area contributed by atoms with Crippen molar-refractivity contribution in [3.63, 3.8) is 0 Å². The number of hydrogen-bond donors (Lipinski definition) is 4. The van der Waals surface area contributed by atoms with Crippen LogP contribution in [0.3, 0.4) is 0 Å². The van der Waals surface area contributed by atoms with Gasteiger partial charge < -0.3 is 21.1 Å². The van der Waals surface area contributed by atoms with Gasteiger partial charge in [-0.25, -0.2) is 0 Å². The van der Waals surface area contributed by atoms with Gasteiger partial charge in [-0.3, -0.25) is 14.6 Å². The van der Waals surface area contributed by atoms with Crippen molar-refractivity contribution in [1.82, 2.24) is 15.6 Å². The van der Waals surface area contributed by atoms with Gasteiger partial charge in [0.15, 0.2) is 0 Å². The number of aliphatic hydroxyl groups is 1. The zero-order valence-corrected chi connectivity index (χ0v) is 20.3. The van der Waals surface area contributed by atoms with Gasteiger partial charge in [-0.15, -0.1) is 11.3 Å². The maximum atomic E-state index is 13.0. The lowest BCUT2D eigenvalue weighted by Gasteiger charge is -2.21. The molecule has 4 rings (SSSR count). The number of aromatic nitrogens is 1. The van der Waals surface area contributed by atoms with Gasteiger partial charge in [0.05, 0.1) is 33.9 Å². The molecule has 0 unspecified atom stereocenters. The number of thiophene rings is 1. The lowest BCUT2D eigenvalue weighted by atomic mass is 9.97. The Morgan fingerprint density at radius 1 is 1.24 bits per heavy atom. The van der Waals surface area contributed by atoms with Crippen LogP contribution in [0.4, 0.5) is 5.69 Å². The van der Waals surface area contributed by atoms with E-state index >= 15 is 0 Å². The third-order valence-corrected chi connectivity index (χ3v) is 7.80. The summed E-state index contributed by atoms with van der Waals surface area (Å²) in [5, 5.41) is 19.4. The van der Waals surface area contributed by atoms with E-state index in [4.69, 9.17) is 11.6 Å². The Hall–Kier alpha value is -2.16. The number of amides is 2. The van der Waals surface area contributed by atoms with E-state index in [1.807, 2.05) is 13.0 Å². The van der Waals surface area contributed by atoms with Crippen LogP contribution in [0, 0.1) is 5.92 Å². The minimum Gasteiger partial charge on any atom is -0.390 e. The van der Waals surface area contributed by atoms with Gasteiger partial charge in [0.1, 0.15) is 6.04 Å². The summed E-state index contributed by atoms with van der Waals surface area (Å²) in [5.41, 5.74) is 1.17. The SMILES string of the molecule is C[C@@H](Nc1cc(Cl)cnc1CO)c1ccc(C(=O)N[C@@H](CC2CCCC2)C(=O)NC2CC2)s1. The van der Waals surface area contributed by atoms with Crippen LogP contribution in [0.5, 0.6) is 0 Å². The first-order valence-electron chi connectivity index (χ1n) is 11.7. The topological polar surface area (TPSA) is 103 Å². The summed E-state index contributed by atoms with van der Waals surface area (Å²) >= 11 is 7.44. The zero-order valence-electron chi connectivity index (χ0n) is 18.8. The van der Waals surface area contributed by atoms with Crippen LogP contribution in [0.25, 0.3) is 0 Å². The fourth-order valence-corrected chi connectivity index (χ4v) is 5.37. The van der Waals surface area contributed by atoms with Crippen LogP contribution in [-0.2, 0) is 11.4 Å². The van der Waals surface area contributed by atoms with Crippen molar-refractivity contribution in [2.45, 2.75) is 76.6 Å². The molecule has 0 aromatic carbocycles. The normalized spacial score (nSPS) is 18.0.